The molecule has 1 fully saturated rings. The molecule has 0 amide bonds. The van der Waals surface area contributed by atoms with Crippen molar-refractivity contribution in [3.63, 3.8) is 0 Å². The lowest BCUT2D eigenvalue weighted by Gasteiger charge is -2.27. The number of fused-ring (bicyclic) bond motifs is 1. The molecule has 0 atom stereocenters. The monoisotopic (exact) mass is 299 g/mol. The van der Waals surface area contributed by atoms with E-state index in [1.165, 1.54) is 6.07 Å². The van der Waals surface area contributed by atoms with E-state index in [2.05, 4.69) is 14.9 Å². The van der Waals surface area contributed by atoms with E-state index in [0.717, 1.165) is 48.5 Å². The number of rotatable bonds is 3. The Morgan fingerprint density at radius 2 is 2.23 bits per heavy atom. The van der Waals surface area contributed by atoms with Crippen LogP contribution in [0, 0.1) is 5.82 Å². The standard InChI is InChI=1S/C17H18FN3O/c18-13-3-1-2-11(8-13)9-21-7-6-15-14(10-21)17(22)20-16(19-15)12-4-5-12/h1-3,8,12H,4-7,9-10H2,(H,19,20,22). The number of H-pyrrole nitrogens is 1. The van der Waals surface area contributed by atoms with Crippen LogP contribution in [0.4, 0.5) is 4.39 Å². The molecular formula is C17H18FN3O. The van der Waals surface area contributed by atoms with Gasteiger partial charge in [-0.1, -0.05) is 12.1 Å². The predicted molar refractivity (Wildman–Crippen MR) is 81.1 cm³/mol. The van der Waals surface area contributed by atoms with Crippen LogP contribution in [-0.2, 0) is 19.5 Å². The van der Waals surface area contributed by atoms with Gasteiger partial charge in [0.2, 0.25) is 0 Å². The predicted octanol–water partition coefficient (Wildman–Crippen LogP) is 2.34. The second kappa shape index (κ2) is 5.32. The van der Waals surface area contributed by atoms with Crippen LogP contribution in [0.3, 0.4) is 0 Å². The van der Waals surface area contributed by atoms with Crippen molar-refractivity contribution in [2.24, 2.45) is 0 Å². The van der Waals surface area contributed by atoms with Gasteiger partial charge in [-0.25, -0.2) is 9.37 Å². The van der Waals surface area contributed by atoms with Crippen LogP contribution in [0.15, 0.2) is 29.1 Å². The van der Waals surface area contributed by atoms with E-state index in [4.69, 9.17) is 0 Å². The first-order chi connectivity index (χ1) is 10.7. The number of hydrogen-bond acceptors (Lipinski definition) is 3. The zero-order chi connectivity index (χ0) is 15.1. The van der Waals surface area contributed by atoms with Crippen LogP contribution in [0.2, 0.25) is 0 Å². The third kappa shape index (κ3) is 2.68. The van der Waals surface area contributed by atoms with Crippen molar-refractivity contribution in [1.29, 1.82) is 0 Å². The molecule has 0 radical (unpaired) electrons. The second-order valence-electron chi connectivity index (χ2n) is 6.24. The summed E-state index contributed by atoms with van der Waals surface area (Å²) in [7, 11) is 0. The molecule has 114 valence electrons. The molecule has 4 rings (SSSR count). The van der Waals surface area contributed by atoms with Crippen molar-refractivity contribution in [3.8, 4) is 0 Å². The summed E-state index contributed by atoms with van der Waals surface area (Å²) in [4.78, 5) is 22.0. The van der Waals surface area contributed by atoms with Crippen molar-refractivity contribution >= 4 is 0 Å². The van der Waals surface area contributed by atoms with E-state index >= 15 is 0 Å². The Hall–Kier alpha value is -2.01. The fourth-order valence-corrected chi connectivity index (χ4v) is 3.08. The van der Waals surface area contributed by atoms with Crippen molar-refractivity contribution < 1.29 is 4.39 Å². The lowest BCUT2D eigenvalue weighted by Crippen LogP contribution is -2.35. The van der Waals surface area contributed by atoms with E-state index in [0.29, 0.717) is 19.0 Å². The highest BCUT2D eigenvalue weighted by Gasteiger charge is 2.29. The van der Waals surface area contributed by atoms with Gasteiger partial charge < -0.3 is 4.98 Å². The van der Waals surface area contributed by atoms with Crippen molar-refractivity contribution in [3.05, 3.63) is 63.1 Å². The quantitative estimate of drug-likeness (QED) is 0.946. The lowest BCUT2D eigenvalue weighted by molar-refractivity contribution is 0.241. The van der Waals surface area contributed by atoms with Gasteiger partial charge in [0.25, 0.3) is 5.56 Å². The molecule has 0 bridgehead atoms. The summed E-state index contributed by atoms with van der Waals surface area (Å²) in [6, 6.07) is 6.63. The normalized spacial score (nSPS) is 18.2. The zero-order valence-corrected chi connectivity index (χ0v) is 12.3. The highest BCUT2D eigenvalue weighted by molar-refractivity contribution is 5.24. The van der Waals surface area contributed by atoms with Crippen molar-refractivity contribution in [2.45, 2.75) is 38.3 Å². The molecule has 1 N–H and O–H groups in total. The average molecular weight is 299 g/mol. The number of aromatic amines is 1. The van der Waals surface area contributed by atoms with Gasteiger partial charge in [-0.05, 0) is 30.5 Å². The van der Waals surface area contributed by atoms with Crippen LogP contribution >= 0.6 is 0 Å². The molecule has 1 aliphatic heterocycles. The fourth-order valence-electron chi connectivity index (χ4n) is 3.08. The van der Waals surface area contributed by atoms with Crippen molar-refractivity contribution in [1.82, 2.24) is 14.9 Å². The van der Waals surface area contributed by atoms with Gasteiger partial charge in [-0.15, -0.1) is 0 Å². The smallest absolute Gasteiger partial charge is 0.255 e. The summed E-state index contributed by atoms with van der Waals surface area (Å²) in [5.41, 5.74) is 2.64. The van der Waals surface area contributed by atoms with E-state index in [-0.39, 0.29) is 11.4 Å². The largest absolute Gasteiger partial charge is 0.310 e. The summed E-state index contributed by atoms with van der Waals surface area (Å²) < 4.78 is 13.3. The van der Waals surface area contributed by atoms with Crippen LogP contribution in [0.1, 0.15) is 41.4 Å². The molecule has 22 heavy (non-hydrogen) atoms. The summed E-state index contributed by atoms with van der Waals surface area (Å²) >= 11 is 0. The Morgan fingerprint density at radius 1 is 1.36 bits per heavy atom. The van der Waals surface area contributed by atoms with Gasteiger partial charge in [-0.2, -0.15) is 0 Å². The Kier molecular flexibility index (Phi) is 3.30. The fraction of sp³-hybridized carbons (Fsp3) is 0.412. The first-order valence-corrected chi connectivity index (χ1v) is 7.78. The first kappa shape index (κ1) is 13.6. The van der Waals surface area contributed by atoms with Crippen LogP contribution in [0.25, 0.3) is 0 Å². The summed E-state index contributed by atoms with van der Waals surface area (Å²) in [5, 5.41) is 0. The number of aromatic nitrogens is 2. The SMILES string of the molecule is O=c1[nH]c(C2CC2)nc2c1CN(Cc1cccc(F)c1)CC2. The number of benzene rings is 1. The molecule has 0 spiro atoms. The molecule has 1 aromatic heterocycles. The maximum Gasteiger partial charge on any atom is 0.255 e. The molecule has 5 heteroatoms. The van der Waals surface area contributed by atoms with Crippen molar-refractivity contribution in [2.75, 3.05) is 6.54 Å². The maximum absolute atomic E-state index is 13.3. The number of halogens is 1. The molecule has 2 aliphatic rings. The summed E-state index contributed by atoms with van der Waals surface area (Å²) in [5.74, 6) is 1.11. The summed E-state index contributed by atoms with van der Waals surface area (Å²) in [6.45, 7) is 2.09. The number of hydrogen-bond donors (Lipinski definition) is 1. The third-order valence-electron chi connectivity index (χ3n) is 4.43. The molecule has 0 saturated heterocycles. The van der Waals surface area contributed by atoms with Gasteiger partial charge in [0, 0.05) is 32.0 Å². The van der Waals surface area contributed by atoms with E-state index in [9.17, 15) is 9.18 Å². The van der Waals surface area contributed by atoms with Gasteiger partial charge in [0.15, 0.2) is 0 Å². The van der Waals surface area contributed by atoms with Gasteiger partial charge in [0.05, 0.1) is 11.3 Å². The van der Waals surface area contributed by atoms with Gasteiger partial charge in [0.1, 0.15) is 11.6 Å². The first-order valence-electron chi connectivity index (χ1n) is 7.78. The van der Waals surface area contributed by atoms with Crippen LogP contribution in [0.5, 0.6) is 0 Å². The number of nitrogens with zero attached hydrogens (tertiary/aromatic N) is 2. The highest BCUT2D eigenvalue weighted by Crippen LogP contribution is 2.37. The lowest BCUT2D eigenvalue weighted by atomic mass is 10.1. The minimum absolute atomic E-state index is 0.00385. The Bertz CT molecular complexity index is 767. The second-order valence-corrected chi connectivity index (χ2v) is 6.24. The minimum Gasteiger partial charge on any atom is -0.310 e. The molecule has 1 aromatic carbocycles. The molecule has 4 nitrogen and oxygen atoms in total. The molecular weight excluding hydrogens is 281 g/mol. The minimum atomic E-state index is -0.219. The van der Waals surface area contributed by atoms with E-state index in [1.807, 2.05) is 6.07 Å². The molecule has 2 aromatic rings. The third-order valence-corrected chi connectivity index (χ3v) is 4.43. The van der Waals surface area contributed by atoms with E-state index in [1.54, 1.807) is 12.1 Å². The molecule has 1 aliphatic carbocycles. The number of nitrogens with one attached hydrogen (secondary N) is 1. The van der Waals surface area contributed by atoms with Crippen LogP contribution in [-0.4, -0.2) is 21.4 Å². The average Bonchev–Trinajstić information content (AvgIpc) is 3.32. The van der Waals surface area contributed by atoms with Gasteiger partial charge in [-0.3, -0.25) is 9.69 Å². The molecule has 0 unspecified atom stereocenters. The molecule has 1 saturated carbocycles. The molecule has 2 heterocycles. The van der Waals surface area contributed by atoms with Crippen LogP contribution < -0.4 is 5.56 Å². The Morgan fingerprint density at radius 3 is 3.00 bits per heavy atom. The maximum atomic E-state index is 13.3. The topological polar surface area (TPSA) is 49.0 Å². The zero-order valence-electron chi connectivity index (χ0n) is 12.3. The van der Waals surface area contributed by atoms with E-state index < -0.39 is 0 Å². The van der Waals surface area contributed by atoms with Gasteiger partial charge >= 0.3 is 0 Å². The highest BCUT2D eigenvalue weighted by atomic mass is 19.1. The Balaban J connectivity index is 1.55. The summed E-state index contributed by atoms with van der Waals surface area (Å²) in [6.07, 6.45) is 3.05. The Labute approximate surface area is 128 Å².